The number of likely N-dealkylation sites (tertiary alicyclic amines) is 1. The molecule has 110 valence electrons. The van der Waals surface area contributed by atoms with Crippen LogP contribution in [0.15, 0.2) is 0 Å². The fraction of sp³-hybridized carbons (Fsp3) is 0.857. The minimum Gasteiger partial charge on any atom is -0.468 e. The molecule has 1 unspecified atom stereocenters. The molecule has 5 heteroatoms. The van der Waals surface area contributed by atoms with Crippen LogP contribution in [-0.4, -0.2) is 49.1 Å². The molecule has 1 fully saturated rings. The molecule has 0 radical (unpaired) electrons. The Morgan fingerprint density at radius 3 is 2.21 bits per heavy atom. The molecular formula is C14H26N2O3. The first-order chi connectivity index (χ1) is 8.75. The fourth-order valence-corrected chi connectivity index (χ4v) is 2.32. The lowest BCUT2D eigenvalue weighted by Crippen LogP contribution is -2.51. The molecule has 1 atom stereocenters. The molecule has 0 aliphatic carbocycles. The van der Waals surface area contributed by atoms with Gasteiger partial charge in [-0.05, 0) is 19.8 Å². The number of hydrogen-bond acceptors (Lipinski definition) is 4. The molecule has 19 heavy (non-hydrogen) atoms. The maximum absolute atomic E-state index is 12.1. The Morgan fingerprint density at radius 1 is 1.26 bits per heavy atom. The number of nitrogens with one attached hydrogen (secondary N) is 1. The molecular weight excluding hydrogens is 244 g/mol. The van der Waals surface area contributed by atoms with Gasteiger partial charge < -0.3 is 15.0 Å². The molecule has 1 amide bonds. The van der Waals surface area contributed by atoms with Crippen LogP contribution in [0, 0.1) is 5.41 Å². The molecule has 1 rings (SSSR count). The number of hydrogen-bond donors (Lipinski definition) is 1. The second kappa shape index (κ2) is 6.37. The number of nitrogens with zero attached hydrogens (tertiary/aromatic N) is 1. The number of methoxy groups -OCH3 is 1. The van der Waals surface area contributed by atoms with Gasteiger partial charge in [-0.2, -0.15) is 0 Å². The molecule has 1 aliphatic rings. The summed E-state index contributed by atoms with van der Waals surface area (Å²) in [5, 5.41) is 3.26. The second-order valence-corrected chi connectivity index (χ2v) is 6.23. The summed E-state index contributed by atoms with van der Waals surface area (Å²) in [6.07, 6.45) is 1.76. The largest absolute Gasteiger partial charge is 0.468 e. The van der Waals surface area contributed by atoms with E-state index in [9.17, 15) is 9.59 Å². The number of esters is 1. The number of carbonyl (C=O) groups excluding carboxylic acids is 2. The minimum atomic E-state index is -0.320. The van der Waals surface area contributed by atoms with Gasteiger partial charge in [0.25, 0.3) is 0 Å². The van der Waals surface area contributed by atoms with Crippen molar-refractivity contribution >= 4 is 11.9 Å². The molecule has 1 N–H and O–H groups in total. The van der Waals surface area contributed by atoms with E-state index in [0.717, 1.165) is 25.9 Å². The van der Waals surface area contributed by atoms with Crippen LogP contribution in [0.2, 0.25) is 0 Å². The van der Waals surface area contributed by atoms with Crippen molar-refractivity contribution in [3.63, 3.8) is 0 Å². The zero-order valence-electron chi connectivity index (χ0n) is 12.7. The zero-order chi connectivity index (χ0) is 14.6. The van der Waals surface area contributed by atoms with Crippen molar-refractivity contribution in [3.05, 3.63) is 0 Å². The Morgan fingerprint density at radius 2 is 1.79 bits per heavy atom. The summed E-state index contributed by atoms with van der Waals surface area (Å²) in [6.45, 7) is 9.14. The summed E-state index contributed by atoms with van der Waals surface area (Å²) in [4.78, 5) is 25.4. The third-order valence-electron chi connectivity index (χ3n) is 3.46. The normalized spacial score (nSPS) is 19.1. The summed E-state index contributed by atoms with van der Waals surface area (Å²) in [7, 11) is 1.39. The first-order valence-corrected chi connectivity index (χ1v) is 6.89. The van der Waals surface area contributed by atoms with Crippen molar-refractivity contribution in [1.29, 1.82) is 0 Å². The highest BCUT2D eigenvalue weighted by Gasteiger charge is 2.31. The van der Waals surface area contributed by atoms with Crippen LogP contribution in [-0.2, 0) is 14.3 Å². The van der Waals surface area contributed by atoms with Crippen LogP contribution in [0.4, 0.5) is 0 Å². The lowest BCUT2D eigenvalue weighted by atomic mass is 9.93. The standard InChI is InChI=1S/C14H26N2O3/c1-10(12(17)19-5)15-11-6-8-16(9-7-11)13(18)14(2,3)4/h10-11,15H,6-9H2,1-5H3. The number of amides is 1. The smallest absolute Gasteiger partial charge is 0.322 e. The van der Waals surface area contributed by atoms with Crippen molar-refractivity contribution in [3.8, 4) is 0 Å². The Bertz CT molecular complexity index is 328. The molecule has 0 aromatic heterocycles. The van der Waals surface area contributed by atoms with E-state index >= 15 is 0 Å². The van der Waals surface area contributed by atoms with Crippen molar-refractivity contribution in [2.45, 2.75) is 52.6 Å². The van der Waals surface area contributed by atoms with Gasteiger partial charge in [-0.25, -0.2) is 0 Å². The third-order valence-corrected chi connectivity index (χ3v) is 3.46. The Labute approximate surface area is 115 Å². The molecule has 1 heterocycles. The second-order valence-electron chi connectivity index (χ2n) is 6.23. The molecule has 5 nitrogen and oxygen atoms in total. The van der Waals surface area contributed by atoms with Gasteiger partial charge in [-0.3, -0.25) is 9.59 Å². The van der Waals surface area contributed by atoms with E-state index in [1.165, 1.54) is 7.11 Å². The first-order valence-electron chi connectivity index (χ1n) is 6.89. The van der Waals surface area contributed by atoms with E-state index in [4.69, 9.17) is 4.74 Å². The molecule has 1 aliphatic heterocycles. The van der Waals surface area contributed by atoms with Gasteiger partial charge in [0, 0.05) is 24.5 Å². The molecule has 0 saturated carbocycles. The van der Waals surface area contributed by atoms with Gasteiger partial charge in [-0.1, -0.05) is 20.8 Å². The molecule has 0 bridgehead atoms. The molecule has 0 spiro atoms. The summed E-state index contributed by atoms with van der Waals surface area (Å²) in [6, 6.07) is -0.0158. The van der Waals surface area contributed by atoms with E-state index in [2.05, 4.69) is 5.32 Å². The molecule has 0 aromatic rings. The number of carbonyl (C=O) groups is 2. The van der Waals surface area contributed by atoms with Gasteiger partial charge in [0.2, 0.25) is 5.91 Å². The SMILES string of the molecule is COC(=O)C(C)NC1CCN(C(=O)C(C)(C)C)CC1. The van der Waals surface area contributed by atoms with Crippen molar-refractivity contribution in [2.24, 2.45) is 5.41 Å². The Balaban J connectivity index is 2.41. The lowest BCUT2D eigenvalue weighted by Gasteiger charge is -2.36. The maximum atomic E-state index is 12.1. The topological polar surface area (TPSA) is 58.6 Å². The third kappa shape index (κ3) is 4.49. The predicted molar refractivity (Wildman–Crippen MR) is 73.7 cm³/mol. The molecule has 1 saturated heterocycles. The highest BCUT2D eigenvalue weighted by molar-refractivity contribution is 5.81. The fourth-order valence-electron chi connectivity index (χ4n) is 2.32. The van der Waals surface area contributed by atoms with Crippen molar-refractivity contribution < 1.29 is 14.3 Å². The Hall–Kier alpha value is -1.10. The van der Waals surface area contributed by atoms with Crippen LogP contribution in [0.25, 0.3) is 0 Å². The minimum absolute atomic E-state index is 0.201. The van der Waals surface area contributed by atoms with Crippen LogP contribution in [0.5, 0.6) is 0 Å². The first kappa shape index (κ1) is 16.0. The van der Waals surface area contributed by atoms with Gasteiger partial charge in [-0.15, -0.1) is 0 Å². The van der Waals surface area contributed by atoms with E-state index in [1.807, 2.05) is 25.7 Å². The number of rotatable bonds is 3. The number of ether oxygens (including phenoxy) is 1. The van der Waals surface area contributed by atoms with Crippen molar-refractivity contribution in [2.75, 3.05) is 20.2 Å². The van der Waals surface area contributed by atoms with Crippen LogP contribution < -0.4 is 5.32 Å². The summed E-state index contributed by atoms with van der Waals surface area (Å²) in [5.41, 5.74) is -0.320. The Kier molecular flexibility index (Phi) is 5.35. The van der Waals surface area contributed by atoms with Gasteiger partial charge in [0.15, 0.2) is 0 Å². The van der Waals surface area contributed by atoms with Crippen LogP contribution in [0.3, 0.4) is 0 Å². The summed E-state index contributed by atoms with van der Waals surface area (Å²) in [5.74, 6) is -0.0415. The highest BCUT2D eigenvalue weighted by atomic mass is 16.5. The van der Waals surface area contributed by atoms with E-state index in [1.54, 1.807) is 6.92 Å². The van der Waals surface area contributed by atoms with Gasteiger partial charge >= 0.3 is 5.97 Å². The predicted octanol–water partition coefficient (Wildman–Crippen LogP) is 1.17. The summed E-state index contributed by atoms with van der Waals surface area (Å²) >= 11 is 0. The van der Waals surface area contributed by atoms with Gasteiger partial charge in [0.1, 0.15) is 6.04 Å². The monoisotopic (exact) mass is 270 g/mol. The average molecular weight is 270 g/mol. The lowest BCUT2D eigenvalue weighted by molar-refractivity contribution is -0.144. The van der Waals surface area contributed by atoms with Crippen molar-refractivity contribution in [1.82, 2.24) is 10.2 Å². The maximum Gasteiger partial charge on any atom is 0.322 e. The molecule has 0 aromatic carbocycles. The van der Waals surface area contributed by atoms with Crippen LogP contribution in [0.1, 0.15) is 40.5 Å². The summed E-state index contributed by atoms with van der Waals surface area (Å²) < 4.78 is 4.69. The van der Waals surface area contributed by atoms with Crippen LogP contribution >= 0.6 is 0 Å². The number of piperidine rings is 1. The van der Waals surface area contributed by atoms with E-state index in [0.29, 0.717) is 0 Å². The average Bonchev–Trinajstić information content (AvgIpc) is 2.36. The highest BCUT2D eigenvalue weighted by Crippen LogP contribution is 2.21. The van der Waals surface area contributed by atoms with E-state index in [-0.39, 0.29) is 29.4 Å². The quantitative estimate of drug-likeness (QED) is 0.782. The zero-order valence-corrected chi connectivity index (χ0v) is 12.7. The van der Waals surface area contributed by atoms with E-state index < -0.39 is 0 Å². The van der Waals surface area contributed by atoms with Gasteiger partial charge in [0.05, 0.1) is 7.11 Å².